The van der Waals surface area contributed by atoms with Gasteiger partial charge in [-0.3, -0.25) is 14.9 Å². The van der Waals surface area contributed by atoms with Crippen LogP contribution in [-0.2, 0) is 4.79 Å². The summed E-state index contributed by atoms with van der Waals surface area (Å²) < 4.78 is 0. The second-order valence-corrected chi connectivity index (χ2v) is 4.21. The molecule has 0 aromatic carbocycles. The number of anilines is 1. The van der Waals surface area contributed by atoms with Crippen LogP contribution in [0.25, 0.3) is 0 Å². The van der Waals surface area contributed by atoms with Gasteiger partial charge in [0.15, 0.2) is 0 Å². The number of nitrogens with zero attached hydrogens (tertiary/aromatic N) is 2. The summed E-state index contributed by atoms with van der Waals surface area (Å²) in [6.45, 7) is 4.73. The second-order valence-electron chi connectivity index (χ2n) is 4.21. The molecule has 18 heavy (non-hydrogen) atoms. The van der Waals surface area contributed by atoms with Crippen molar-refractivity contribution in [1.82, 2.24) is 10.3 Å². The number of amides is 1. The van der Waals surface area contributed by atoms with Gasteiger partial charge in [0, 0.05) is 12.6 Å². The predicted molar refractivity (Wildman–Crippen MR) is 67.2 cm³/mol. The van der Waals surface area contributed by atoms with Crippen molar-refractivity contribution in [3.8, 4) is 0 Å². The standard InChI is InChI=1S/C11H16N4O3/c1-8(2)5-14-11(16)7-13-10-4-3-9(6-12-10)15(17)18/h3-4,6,8H,5,7H2,1-2H3,(H,12,13)(H,14,16). The summed E-state index contributed by atoms with van der Waals surface area (Å²) in [7, 11) is 0. The molecule has 0 aliphatic carbocycles. The number of nitrogens with one attached hydrogen (secondary N) is 2. The molecule has 0 aliphatic rings. The van der Waals surface area contributed by atoms with Gasteiger partial charge in [-0.15, -0.1) is 0 Å². The van der Waals surface area contributed by atoms with Crippen molar-refractivity contribution in [2.75, 3.05) is 18.4 Å². The van der Waals surface area contributed by atoms with Crippen LogP contribution in [-0.4, -0.2) is 28.9 Å². The van der Waals surface area contributed by atoms with E-state index in [1.54, 1.807) is 0 Å². The first kappa shape index (κ1) is 13.9. The molecule has 0 saturated carbocycles. The van der Waals surface area contributed by atoms with Crippen molar-refractivity contribution in [2.45, 2.75) is 13.8 Å². The lowest BCUT2D eigenvalue weighted by molar-refractivity contribution is -0.385. The van der Waals surface area contributed by atoms with Gasteiger partial charge in [-0.2, -0.15) is 0 Å². The van der Waals surface area contributed by atoms with Crippen LogP contribution in [0, 0.1) is 16.0 Å². The summed E-state index contributed by atoms with van der Waals surface area (Å²) in [4.78, 5) is 25.1. The Kier molecular flexibility index (Phi) is 5.04. The Balaban J connectivity index is 2.39. The van der Waals surface area contributed by atoms with Crippen molar-refractivity contribution in [1.29, 1.82) is 0 Å². The van der Waals surface area contributed by atoms with E-state index in [1.165, 1.54) is 12.1 Å². The summed E-state index contributed by atoms with van der Waals surface area (Å²) in [5.74, 6) is 0.690. The van der Waals surface area contributed by atoms with Crippen LogP contribution in [0.1, 0.15) is 13.8 Å². The van der Waals surface area contributed by atoms with Crippen molar-refractivity contribution < 1.29 is 9.72 Å². The van der Waals surface area contributed by atoms with Gasteiger partial charge in [-0.25, -0.2) is 4.98 Å². The fraction of sp³-hybridized carbons (Fsp3) is 0.455. The molecule has 1 heterocycles. The number of carbonyl (C=O) groups excluding carboxylic acids is 1. The average molecular weight is 252 g/mol. The lowest BCUT2D eigenvalue weighted by Crippen LogP contribution is -2.32. The third-order valence-electron chi connectivity index (χ3n) is 2.10. The molecule has 1 aromatic rings. The first-order valence-electron chi connectivity index (χ1n) is 5.60. The SMILES string of the molecule is CC(C)CNC(=O)CNc1ccc([N+](=O)[O-])cn1. The van der Waals surface area contributed by atoms with E-state index in [0.29, 0.717) is 18.3 Å². The van der Waals surface area contributed by atoms with E-state index in [9.17, 15) is 14.9 Å². The van der Waals surface area contributed by atoms with Crippen LogP contribution in [0.2, 0.25) is 0 Å². The molecule has 0 aliphatic heterocycles. The van der Waals surface area contributed by atoms with Gasteiger partial charge in [0.1, 0.15) is 12.0 Å². The molecule has 2 N–H and O–H groups in total. The maximum absolute atomic E-state index is 11.4. The van der Waals surface area contributed by atoms with E-state index in [-0.39, 0.29) is 18.1 Å². The fourth-order valence-corrected chi connectivity index (χ4v) is 1.15. The second kappa shape index (κ2) is 6.53. The highest BCUT2D eigenvalue weighted by Crippen LogP contribution is 2.11. The number of pyridine rings is 1. The van der Waals surface area contributed by atoms with Crippen LogP contribution in [0.4, 0.5) is 11.5 Å². The molecule has 7 heteroatoms. The normalized spacial score (nSPS) is 10.2. The van der Waals surface area contributed by atoms with Crippen molar-refractivity contribution >= 4 is 17.4 Å². The van der Waals surface area contributed by atoms with Gasteiger partial charge in [0.2, 0.25) is 5.91 Å². The maximum Gasteiger partial charge on any atom is 0.287 e. The molecule has 0 bridgehead atoms. The zero-order chi connectivity index (χ0) is 13.5. The Morgan fingerprint density at radius 2 is 2.22 bits per heavy atom. The molecule has 0 spiro atoms. The molecule has 98 valence electrons. The van der Waals surface area contributed by atoms with Crippen LogP contribution in [0.15, 0.2) is 18.3 Å². The van der Waals surface area contributed by atoms with Crippen LogP contribution in [0.5, 0.6) is 0 Å². The van der Waals surface area contributed by atoms with Crippen LogP contribution in [0.3, 0.4) is 0 Å². The number of carbonyl (C=O) groups is 1. The Morgan fingerprint density at radius 1 is 1.50 bits per heavy atom. The molecule has 0 radical (unpaired) electrons. The zero-order valence-electron chi connectivity index (χ0n) is 10.3. The molecule has 0 unspecified atom stereocenters. The van der Waals surface area contributed by atoms with Crippen LogP contribution >= 0.6 is 0 Å². The first-order valence-corrected chi connectivity index (χ1v) is 5.60. The lowest BCUT2D eigenvalue weighted by Gasteiger charge is -2.08. The highest BCUT2D eigenvalue weighted by Gasteiger charge is 2.06. The van der Waals surface area contributed by atoms with E-state index in [1.807, 2.05) is 13.8 Å². The minimum absolute atomic E-state index is 0.0789. The van der Waals surface area contributed by atoms with Crippen molar-refractivity contribution in [2.24, 2.45) is 5.92 Å². The molecule has 0 atom stereocenters. The lowest BCUT2D eigenvalue weighted by atomic mass is 10.2. The van der Waals surface area contributed by atoms with Gasteiger partial charge >= 0.3 is 0 Å². The molecular weight excluding hydrogens is 236 g/mol. The third-order valence-corrected chi connectivity index (χ3v) is 2.10. The number of aromatic nitrogens is 1. The highest BCUT2D eigenvalue weighted by molar-refractivity contribution is 5.80. The topological polar surface area (TPSA) is 97.2 Å². The summed E-state index contributed by atoms with van der Waals surface area (Å²) in [5.41, 5.74) is -0.0789. The molecule has 1 amide bonds. The minimum Gasteiger partial charge on any atom is -0.361 e. The number of hydrogen-bond donors (Lipinski definition) is 2. The van der Waals surface area contributed by atoms with E-state index >= 15 is 0 Å². The first-order chi connectivity index (χ1) is 8.49. The summed E-state index contributed by atoms with van der Waals surface area (Å²) >= 11 is 0. The predicted octanol–water partition coefficient (Wildman–Crippen LogP) is 1.17. The molecule has 1 aromatic heterocycles. The van der Waals surface area contributed by atoms with Crippen LogP contribution < -0.4 is 10.6 Å². The quantitative estimate of drug-likeness (QED) is 0.585. The zero-order valence-corrected chi connectivity index (χ0v) is 10.3. The highest BCUT2D eigenvalue weighted by atomic mass is 16.6. The molecule has 1 rings (SSSR count). The van der Waals surface area contributed by atoms with E-state index in [0.717, 1.165) is 6.20 Å². The minimum atomic E-state index is -0.522. The number of nitro groups is 1. The fourth-order valence-electron chi connectivity index (χ4n) is 1.15. The Bertz CT molecular complexity index is 417. The largest absolute Gasteiger partial charge is 0.361 e. The number of hydrogen-bond acceptors (Lipinski definition) is 5. The Morgan fingerprint density at radius 3 is 2.72 bits per heavy atom. The van der Waals surface area contributed by atoms with E-state index in [2.05, 4.69) is 15.6 Å². The molecule has 7 nitrogen and oxygen atoms in total. The van der Waals surface area contributed by atoms with Crippen molar-refractivity contribution in [3.05, 3.63) is 28.4 Å². The summed E-state index contributed by atoms with van der Waals surface area (Å²) in [6.07, 6.45) is 1.15. The summed E-state index contributed by atoms with van der Waals surface area (Å²) in [6, 6.07) is 2.80. The number of rotatable bonds is 6. The maximum atomic E-state index is 11.4. The van der Waals surface area contributed by atoms with E-state index in [4.69, 9.17) is 0 Å². The summed E-state index contributed by atoms with van der Waals surface area (Å²) in [5, 5.41) is 15.9. The van der Waals surface area contributed by atoms with Gasteiger partial charge in [-0.1, -0.05) is 13.8 Å². The molecular formula is C11H16N4O3. The Labute approximate surface area is 105 Å². The van der Waals surface area contributed by atoms with Crippen molar-refractivity contribution in [3.63, 3.8) is 0 Å². The Hall–Kier alpha value is -2.18. The smallest absolute Gasteiger partial charge is 0.287 e. The van der Waals surface area contributed by atoms with Gasteiger partial charge in [-0.05, 0) is 12.0 Å². The molecule has 0 fully saturated rings. The van der Waals surface area contributed by atoms with E-state index < -0.39 is 4.92 Å². The third kappa shape index (κ3) is 4.77. The van der Waals surface area contributed by atoms with Gasteiger partial charge in [0.05, 0.1) is 11.5 Å². The monoisotopic (exact) mass is 252 g/mol. The molecule has 0 saturated heterocycles. The van der Waals surface area contributed by atoms with Gasteiger partial charge < -0.3 is 10.6 Å². The average Bonchev–Trinajstić information content (AvgIpc) is 2.34. The van der Waals surface area contributed by atoms with Gasteiger partial charge in [0.25, 0.3) is 5.69 Å².